The average molecular weight is 460 g/mol. The Morgan fingerprint density at radius 3 is 2.94 bits per heavy atom. The lowest BCUT2D eigenvalue weighted by atomic mass is 10.1. The maximum atomic E-state index is 15.0. The minimum absolute atomic E-state index is 0.242. The van der Waals surface area contributed by atoms with Gasteiger partial charge in [0, 0.05) is 25.7 Å². The number of allylic oxidation sites excluding steroid dienone is 2. The van der Waals surface area contributed by atoms with Crippen LogP contribution in [0.1, 0.15) is 11.3 Å². The lowest BCUT2D eigenvalue weighted by Crippen LogP contribution is -2.36. The quantitative estimate of drug-likeness (QED) is 0.727. The van der Waals surface area contributed by atoms with Gasteiger partial charge in [-0.1, -0.05) is 29.4 Å². The zero-order chi connectivity index (χ0) is 21.3. The third kappa shape index (κ3) is 4.18. The van der Waals surface area contributed by atoms with Crippen molar-refractivity contribution in [3.63, 3.8) is 0 Å². The van der Waals surface area contributed by atoms with Gasteiger partial charge in [0.1, 0.15) is 24.2 Å². The highest BCUT2D eigenvalue weighted by molar-refractivity contribution is 8.05. The fourth-order valence-electron chi connectivity index (χ4n) is 3.63. The van der Waals surface area contributed by atoms with E-state index < -0.39 is 10.8 Å². The Kier molecular flexibility index (Phi) is 5.66. The van der Waals surface area contributed by atoms with Gasteiger partial charge >= 0.3 is 0 Å². The SMILES string of the molecule is Fc1cccc(Cl)c1C1(Nc2cc(CN3CCOCC3)ncn2)N=C2C=COC=C2S1. The third-order valence-corrected chi connectivity index (χ3v) is 6.61. The molecule has 1 saturated heterocycles. The van der Waals surface area contributed by atoms with E-state index in [0.29, 0.717) is 31.3 Å². The summed E-state index contributed by atoms with van der Waals surface area (Å²) in [5.74, 6) is 0.0714. The number of thioether (sulfide) groups is 1. The Morgan fingerprint density at radius 1 is 1.26 bits per heavy atom. The van der Waals surface area contributed by atoms with E-state index in [1.165, 1.54) is 30.4 Å². The molecule has 0 aliphatic carbocycles. The number of fused-ring (bicyclic) bond motifs is 1. The van der Waals surface area contributed by atoms with Gasteiger partial charge in [0.2, 0.25) is 4.99 Å². The number of hydrogen-bond donors (Lipinski definition) is 1. The molecular weight excluding hydrogens is 441 g/mol. The summed E-state index contributed by atoms with van der Waals surface area (Å²) in [6.45, 7) is 3.81. The molecule has 0 amide bonds. The fraction of sp³-hybridized carbons (Fsp3) is 0.286. The lowest BCUT2D eigenvalue weighted by molar-refractivity contribution is 0.0336. The maximum absolute atomic E-state index is 15.0. The summed E-state index contributed by atoms with van der Waals surface area (Å²) in [5.41, 5.74) is 1.78. The predicted molar refractivity (Wildman–Crippen MR) is 118 cm³/mol. The van der Waals surface area contributed by atoms with Gasteiger partial charge in [-0.05, 0) is 18.2 Å². The molecule has 10 heteroatoms. The molecule has 1 N–H and O–H groups in total. The molecule has 1 aromatic carbocycles. The molecule has 4 heterocycles. The molecular formula is C21H19ClFN5O2S. The number of hydrogen-bond acceptors (Lipinski definition) is 8. The number of rotatable bonds is 5. The minimum Gasteiger partial charge on any atom is -0.471 e. The van der Waals surface area contributed by atoms with Gasteiger partial charge in [0.25, 0.3) is 0 Å². The first-order valence-corrected chi connectivity index (χ1v) is 11.0. The van der Waals surface area contributed by atoms with E-state index in [2.05, 4.69) is 20.2 Å². The van der Waals surface area contributed by atoms with E-state index in [1.807, 2.05) is 6.07 Å². The smallest absolute Gasteiger partial charge is 0.214 e. The van der Waals surface area contributed by atoms with Crippen LogP contribution in [0.25, 0.3) is 0 Å². The number of benzene rings is 1. The molecule has 160 valence electrons. The highest BCUT2D eigenvalue weighted by atomic mass is 35.5. The second-order valence-corrected chi connectivity index (χ2v) is 8.81. The van der Waals surface area contributed by atoms with Gasteiger partial charge in [-0.15, -0.1) is 0 Å². The Bertz CT molecular complexity index is 1070. The molecule has 31 heavy (non-hydrogen) atoms. The topological polar surface area (TPSA) is 71.9 Å². The fourth-order valence-corrected chi connectivity index (χ4v) is 5.23. The van der Waals surface area contributed by atoms with E-state index in [1.54, 1.807) is 24.5 Å². The molecule has 0 saturated carbocycles. The molecule has 5 rings (SSSR count). The average Bonchev–Trinajstić information content (AvgIpc) is 3.13. The van der Waals surface area contributed by atoms with Crippen LogP contribution in [-0.2, 0) is 21.0 Å². The summed E-state index contributed by atoms with van der Waals surface area (Å²) < 4.78 is 25.7. The van der Waals surface area contributed by atoms with Gasteiger partial charge < -0.3 is 14.8 Å². The Labute approximate surface area is 188 Å². The van der Waals surface area contributed by atoms with Crippen molar-refractivity contribution in [2.75, 3.05) is 31.6 Å². The van der Waals surface area contributed by atoms with E-state index in [4.69, 9.17) is 26.1 Å². The van der Waals surface area contributed by atoms with Crippen LogP contribution in [0, 0.1) is 5.82 Å². The van der Waals surface area contributed by atoms with Crippen molar-refractivity contribution in [2.45, 2.75) is 11.5 Å². The van der Waals surface area contributed by atoms with Crippen molar-refractivity contribution < 1.29 is 13.9 Å². The monoisotopic (exact) mass is 459 g/mol. The largest absolute Gasteiger partial charge is 0.471 e. The summed E-state index contributed by atoms with van der Waals surface area (Å²) >= 11 is 7.76. The van der Waals surface area contributed by atoms with E-state index in [-0.39, 0.29) is 10.6 Å². The van der Waals surface area contributed by atoms with Crippen LogP contribution in [0.3, 0.4) is 0 Å². The van der Waals surface area contributed by atoms with Crippen LogP contribution in [0.4, 0.5) is 10.2 Å². The second-order valence-electron chi connectivity index (χ2n) is 7.17. The lowest BCUT2D eigenvalue weighted by Gasteiger charge is -2.29. The van der Waals surface area contributed by atoms with Crippen molar-refractivity contribution in [2.24, 2.45) is 4.99 Å². The molecule has 3 aliphatic rings. The van der Waals surface area contributed by atoms with Gasteiger partial charge in [-0.25, -0.2) is 19.4 Å². The van der Waals surface area contributed by atoms with Crippen LogP contribution in [-0.4, -0.2) is 46.9 Å². The Hall–Kier alpha value is -2.46. The Morgan fingerprint density at radius 2 is 2.13 bits per heavy atom. The first kappa shape index (κ1) is 20.4. The second kappa shape index (κ2) is 8.58. The summed E-state index contributed by atoms with van der Waals surface area (Å²) in [7, 11) is 0. The maximum Gasteiger partial charge on any atom is 0.214 e. The number of ether oxygens (including phenoxy) is 2. The first-order valence-electron chi connectivity index (χ1n) is 9.78. The van der Waals surface area contributed by atoms with Gasteiger partial charge in [-0.3, -0.25) is 4.90 Å². The summed E-state index contributed by atoms with van der Waals surface area (Å²) in [6.07, 6.45) is 6.36. The molecule has 1 atom stereocenters. The van der Waals surface area contributed by atoms with Crippen molar-refractivity contribution in [3.05, 3.63) is 76.2 Å². The predicted octanol–water partition coefficient (Wildman–Crippen LogP) is 3.90. The number of halogens is 2. The Balaban J connectivity index is 1.50. The molecule has 1 aromatic heterocycles. The molecule has 7 nitrogen and oxygen atoms in total. The summed E-state index contributed by atoms with van der Waals surface area (Å²) in [5, 5.41) is 3.59. The van der Waals surface area contributed by atoms with Crippen molar-refractivity contribution in [1.82, 2.24) is 14.9 Å². The highest BCUT2D eigenvalue weighted by Crippen LogP contribution is 2.51. The number of anilines is 1. The van der Waals surface area contributed by atoms with Crippen molar-refractivity contribution >= 4 is 34.9 Å². The highest BCUT2D eigenvalue weighted by Gasteiger charge is 2.44. The van der Waals surface area contributed by atoms with Crippen LogP contribution in [0.5, 0.6) is 0 Å². The molecule has 1 unspecified atom stereocenters. The standard InChI is InChI=1S/C21H19ClFN5O2S/c22-15-2-1-3-16(23)20(15)21(26-17-4-7-30-12-18(17)31-21)27-19-10-14(24-13-25-19)11-28-5-8-29-9-6-28/h1-4,7,10,12-13H,5-6,8-9,11H2,(H,24,25,27). The first-order chi connectivity index (χ1) is 15.1. The van der Waals surface area contributed by atoms with Crippen molar-refractivity contribution in [3.8, 4) is 0 Å². The molecule has 2 aromatic rings. The normalized spacial score (nSPS) is 23.0. The molecule has 0 spiro atoms. The zero-order valence-electron chi connectivity index (χ0n) is 16.4. The summed E-state index contributed by atoms with van der Waals surface area (Å²) in [4.78, 5) is 15.4. The summed E-state index contributed by atoms with van der Waals surface area (Å²) in [6, 6.07) is 6.45. The zero-order valence-corrected chi connectivity index (χ0v) is 18.0. The number of nitrogens with zero attached hydrogens (tertiary/aromatic N) is 4. The third-order valence-electron chi connectivity index (χ3n) is 5.08. The van der Waals surface area contributed by atoms with Gasteiger partial charge in [-0.2, -0.15) is 0 Å². The van der Waals surface area contributed by atoms with E-state index in [9.17, 15) is 4.39 Å². The van der Waals surface area contributed by atoms with Crippen LogP contribution in [0.2, 0.25) is 5.02 Å². The number of nitrogens with one attached hydrogen (secondary N) is 1. The number of morpholine rings is 1. The van der Waals surface area contributed by atoms with Crippen LogP contribution in [0.15, 0.2) is 59.1 Å². The van der Waals surface area contributed by atoms with Gasteiger partial charge in [0.15, 0.2) is 0 Å². The number of aliphatic imine (C=N–C) groups is 1. The molecule has 0 radical (unpaired) electrons. The molecule has 1 fully saturated rings. The molecule has 3 aliphatic heterocycles. The molecule has 0 bridgehead atoms. The minimum atomic E-state index is -1.23. The number of aromatic nitrogens is 2. The van der Waals surface area contributed by atoms with Crippen molar-refractivity contribution in [1.29, 1.82) is 0 Å². The van der Waals surface area contributed by atoms with Crippen LogP contribution < -0.4 is 5.32 Å². The van der Waals surface area contributed by atoms with Gasteiger partial charge in [0.05, 0.1) is 46.4 Å². The van der Waals surface area contributed by atoms with Crippen LogP contribution >= 0.6 is 23.4 Å². The van der Waals surface area contributed by atoms with E-state index >= 15 is 0 Å². The van der Waals surface area contributed by atoms with E-state index in [0.717, 1.165) is 23.7 Å².